The van der Waals surface area contributed by atoms with Gasteiger partial charge in [0.1, 0.15) is 4.90 Å². The summed E-state index contributed by atoms with van der Waals surface area (Å²) >= 11 is 6.09. The normalized spacial score (nSPS) is 14.8. The topological polar surface area (TPSA) is 71.3 Å². The molecule has 4 rings (SSSR count). The van der Waals surface area contributed by atoms with Gasteiger partial charge in [-0.15, -0.1) is 0 Å². The first-order valence-electron chi connectivity index (χ1n) is 8.12. The summed E-state index contributed by atoms with van der Waals surface area (Å²) in [6.07, 6.45) is 1.40. The van der Waals surface area contributed by atoms with Gasteiger partial charge in [-0.1, -0.05) is 11.6 Å². The lowest BCUT2D eigenvalue weighted by Crippen LogP contribution is -2.42. The van der Waals surface area contributed by atoms with Crippen LogP contribution in [0.1, 0.15) is 5.69 Å². The van der Waals surface area contributed by atoms with Crippen LogP contribution < -0.4 is 9.21 Å². The number of aromatic nitrogens is 3. The number of halogens is 1. The third kappa shape index (κ3) is 2.52. The van der Waals surface area contributed by atoms with Crippen molar-refractivity contribution in [3.05, 3.63) is 41.2 Å². The average molecular weight is 392 g/mol. The molecule has 0 amide bonds. The van der Waals surface area contributed by atoms with Crippen molar-refractivity contribution in [3.63, 3.8) is 0 Å². The number of sulfonamides is 1. The number of aryl methyl sites for hydroxylation is 2. The van der Waals surface area contributed by atoms with Crippen molar-refractivity contribution in [3.8, 4) is 0 Å². The smallest absolute Gasteiger partial charge is 0.266 e. The highest BCUT2D eigenvalue weighted by Gasteiger charge is 2.31. The number of pyridine rings is 1. The first-order chi connectivity index (χ1) is 12.3. The Bertz CT molecular complexity index is 1130. The summed E-state index contributed by atoms with van der Waals surface area (Å²) in [7, 11) is -0.0356. The van der Waals surface area contributed by atoms with E-state index >= 15 is 0 Å². The number of fused-ring (bicyclic) bond motifs is 2. The Hall–Kier alpha value is -2.32. The van der Waals surface area contributed by atoms with Gasteiger partial charge < -0.3 is 4.90 Å². The molecule has 1 aliphatic rings. The van der Waals surface area contributed by atoms with E-state index in [0.717, 1.165) is 16.8 Å². The predicted molar refractivity (Wildman–Crippen MR) is 102 cm³/mol. The summed E-state index contributed by atoms with van der Waals surface area (Å²) < 4.78 is 29.7. The molecule has 3 aromatic rings. The molecule has 3 heterocycles. The molecule has 9 heteroatoms. The number of anilines is 2. The zero-order valence-corrected chi connectivity index (χ0v) is 16.2. The Labute approximate surface area is 156 Å². The van der Waals surface area contributed by atoms with E-state index in [9.17, 15) is 8.42 Å². The molecule has 0 spiro atoms. The van der Waals surface area contributed by atoms with E-state index in [1.165, 1.54) is 10.5 Å². The van der Waals surface area contributed by atoms with E-state index in [2.05, 4.69) is 10.1 Å². The van der Waals surface area contributed by atoms with Gasteiger partial charge in [0.15, 0.2) is 5.65 Å². The van der Waals surface area contributed by atoms with Crippen molar-refractivity contribution >= 4 is 44.0 Å². The third-order valence-electron chi connectivity index (χ3n) is 4.68. The van der Waals surface area contributed by atoms with Gasteiger partial charge in [-0.3, -0.25) is 8.99 Å². The number of benzene rings is 1. The number of rotatable bonds is 2. The SMILES string of the molecule is Cc1nn(C)c2ncc(S(=O)(=O)N3CCN(C)c4cc(Cl)ccc43)cc12. The van der Waals surface area contributed by atoms with Crippen LogP contribution in [-0.4, -0.2) is 43.3 Å². The second-order valence-electron chi connectivity index (χ2n) is 6.38. The van der Waals surface area contributed by atoms with Crippen LogP contribution >= 0.6 is 11.6 Å². The van der Waals surface area contributed by atoms with Crippen molar-refractivity contribution in [1.29, 1.82) is 0 Å². The van der Waals surface area contributed by atoms with E-state index in [1.807, 2.05) is 18.9 Å². The van der Waals surface area contributed by atoms with Gasteiger partial charge in [-0.25, -0.2) is 13.4 Å². The van der Waals surface area contributed by atoms with Gasteiger partial charge in [0.25, 0.3) is 10.0 Å². The third-order valence-corrected chi connectivity index (χ3v) is 6.70. The van der Waals surface area contributed by atoms with E-state index in [-0.39, 0.29) is 4.90 Å². The molecule has 0 saturated carbocycles. The number of likely N-dealkylation sites (N-methyl/N-ethyl adjacent to an activating group) is 1. The Morgan fingerprint density at radius 2 is 1.88 bits per heavy atom. The summed E-state index contributed by atoms with van der Waals surface area (Å²) in [5, 5.41) is 5.61. The molecule has 136 valence electrons. The fourth-order valence-electron chi connectivity index (χ4n) is 3.30. The Kier molecular flexibility index (Phi) is 3.85. The van der Waals surface area contributed by atoms with E-state index in [4.69, 9.17) is 11.6 Å². The second kappa shape index (κ2) is 5.85. The summed E-state index contributed by atoms with van der Waals surface area (Å²) in [5.41, 5.74) is 2.81. The van der Waals surface area contributed by atoms with Crippen LogP contribution in [0.25, 0.3) is 11.0 Å². The van der Waals surface area contributed by atoms with Gasteiger partial charge in [0.2, 0.25) is 0 Å². The number of hydrogen-bond acceptors (Lipinski definition) is 5. The van der Waals surface area contributed by atoms with Crippen molar-refractivity contribution in [2.75, 3.05) is 29.3 Å². The number of hydrogen-bond donors (Lipinski definition) is 0. The summed E-state index contributed by atoms with van der Waals surface area (Å²) in [6, 6.07) is 6.88. The van der Waals surface area contributed by atoms with Crippen LogP contribution in [-0.2, 0) is 17.1 Å². The molecule has 26 heavy (non-hydrogen) atoms. The largest absolute Gasteiger partial charge is 0.371 e. The molecule has 0 atom stereocenters. The van der Waals surface area contributed by atoms with Crippen molar-refractivity contribution in [1.82, 2.24) is 14.8 Å². The van der Waals surface area contributed by atoms with Gasteiger partial charge in [0, 0.05) is 37.2 Å². The molecule has 0 saturated heterocycles. The van der Waals surface area contributed by atoms with Crippen LogP contribution in [0, 0.1) is 6.92 Å². The van der Waals surface area contributed by atoms with Crippen LogP contribution in [0.4, 0.5) is 11.4 Å². The van der Waals surface area contributed by atoms with Crippen LogP contribution in [0.5, 0.6) is 0 Å². The van der Waals surface area contributed by atoms with Gasteiger partial charge in [0.05, 0.1) is 23.6 Å². The Balaban J connectivity index is 1.85. The first kappa shape index (κ1) is 17.1. The fourth-order valence-corrected chi connectivity index (χ4v) is 4.91. The molecule has 0 N–H and O–H groups in total. The molecule has 1 aromatic carbocycles. The molecule has 0 fully saturated rings. The van der Waals surface area contributed by atoms with E-state index in [1.54, 1.807) is 36.0 Å². The average Bonchev–Trinajstić information content (AvgIpc) is 2.89. The maximum absolute atomic E-state index is 13.3. The van der Waals surface area contributed by atoms with Crippen molar-refractivity contribution in [2.45, 2.75) is 11.8 Å². The lowest BCUT2D eigenvalue weighted by Gasteiger charge is -2.36. The summed E-state index contributed by atoms with van der Waals surface area (Å²) in [6.45, 7) is 2.78. The molecule has 1 aliphatic heterocycles. The van der Waals surface area contributed by atoms with Gasteiger partial charge in [-0.2, -0.15) is 5.10 Å². The standard InChI is InChI=1S/C17H18ClN5O2S/c1-11-14-9-13(10-19-17(14)22(3)20-11)26(24,25)23-7-6-21(2)16-8-12(18)4-5-15(16)23/h4-5,8-10H,6-7H2,1-3H3. The van der Waals surface area contributed by atoms with Crippen LogP contribution in [0.2, 0.25) is 5.02 Å². The molecular weight excluding hydrogens is 374 g/mol. The molecule has 0 aliphatic carbocycles. The van der Waals surface area contributed by atoms with E-state index < -0.39 is 10.0 Å². The molecule has 7 nitrogen and oxygen atoms in total. The molecule has 0 unspecified atom stereocenters. The number of nitrogens with zero attached hydrogens (tertiary/aromatic N) is 5. The monoisotopic (exact) mass is 391 g/mol. The van der Waals surface area contributed by atoms with Gasteiger partial charge in [-0.05, 0) is 31.2 Å². The van der Waals surface area contributed by atoms with Crippen molar-refractivity contribution < 1.29 is 8.42 Å². The quantitative estimate of drug-likeness (QED) is 0.671. The first-order valence-corrected chi connectivity index (χ1v) is 9.93. The minimum absolute atomic E-state index is 0.159. The minimum atomic E-state index is -3.75. The maximum Gasteiger partial charge on any atom is 0.266 e. The zero-order chi connectivity index (χ0) is 18.6. The Morgan fingerprint density at radius 1 is 1.12 bits per heavy atom. The highest BCUT2D eigenvalue weighted by Crippen LogP contribution is 2.37. The summed E-state index contributed by atoms with van der Waals surface area (Å²) in [5.74, 6) is 0. The highest BCUT2D eigenvalue weighted by molar-refractivity contribution is 7.92. The predicted octanol–water partition coefficient (Wildman–Crippen LogP) is 2.58. The van der Waals surface area contributed by atoms with Gasteiger partial charge >= 0.3 is 0 Å². The lowest BCUT2D eigenvalue weighted by molar-refractivity contribution is 0.589. The second-order valence-corrected chi connectivity index (χ2v) is 8.68. The molecular formula is C17H18ClN5O2S. The molecule has 0 radical (unpaired) electrons. The minimum Gasteiger partial charge on any atom is -0.371 e. The fraction of sp³-hybridized carbons (Fsp3) is 0.294. The van der Waals surface area contributed by atoms with Crippen LogP contribution in [0.3, 0.4) is 0 Å². The van der Waals surface area contributed by atoms with Crippen LogP contribution in [0.15, 0.2) is 35.4 Å². The van der Waals surface area contributed by atoms with Crippen molar-refractivity contribution in [2.24, 2.45) is 7.05 Å². The summed E-state index contributed by atoms with van der Waals surface area (Å²) in [4.78, 5) is 6.47. The molecule has 0 bridgehead atoms. The Morgan fingerprint density at radius 3 is 2.65 bits per heavy atom. The van der Waals surface area contributed by atoms with E-state index in [0.29, 0.717) is 29.4 Å². The molecule has 2 aromatic heterocycles. The zero-order valence-electron chi connectivity index (χ0n) is 14.6. The lowest BCUT2D eigenvalue weighted by atomic mass is 10.2. The maximum atomic E-state index is 13.3. The highest BCUT2D eigenvalue weighted by atomic mass is 35.5.